The molecular formula is C36H36O18. The van der Waals surface area contributed by atoms with Crippen LogP contribution in [0.3, 0.4) is 0 Å². The summed E-state index contributed by atoms with van der Waals surface area (Å²) in [6, 6.07) is 11.4. The van der Waals surface area contributed by atoms with E-state index in [1.807, 2.05) is 0 Å². The smallest absolute Gasteiger partial charge is 0.330 e. The zero-order chi connectivity index (χ0) is 39.0. The Labute approximate surface area is 303 Å². The highest BCUT2D eigenvalue weighted by Gasteiger charge is 2.49. The Balaban J connectivity index is 1.34. The van der Waals surface area contributed by atoms with Gasteiger partial charge in [-0.05, 0) is 48.0 Å². The van der Waals surface area contributed by atoms with Crippen LogP contribution >= 0.6 is 0 Å². The van der Waals surface area contributed by atoms with Crippen molar-refractivity contribution >= 4 is 23.0 Å². The van der Waals surface area contributed by atoms with E-state index in [9.17, 15) is 65.8 Å². The highest BCUT2D eigenvalue weighted by Crippen LogP contribution is 2.46. The lowest BCUT2D eigenvalue weighted by Crippen LogP contribution is -2.60. The molecule has 4 aromatic rings. The quantitative estimate of drug-likeness (QED) is 0.0568. The second kappa shape index (κ2) is 15.6. The zero-order valence-electron chi connectivity index (χ0n) is 27.8. The van der Waals surface area contributed by atoms with Crippen LogP contribution in [0.4, 0.5) is 0 Å². The highest BCUT2D eigenvalue weighted by atomic mass is 16.7. The first-order chi connectivity index (χ1) is 25.7. The molecule has 6 rings (SSSR count). The Morgan fingerprint density at radius 1 is 0.759 bits per heavy atom. The molecule has 288 valence electrons. The third-order valence-corrected chi connectivity index (χ3v) is 9.04. The summed E-state index contributed by atoms with van der Waals surface area (Å²) in [7, 11) is 0. The second-order valence-electron chi connectivity index (χ2n) is 12.6. The minimum atomic E-state index is -2.02. The third kappa shape index (κ3) is 7.55. The number of aliphatic hydroxyl groups excluding tert-OH is 7. The summed E-state index contributed by atoms with van der Waals surface area (Å²) in [5.74, 6) is -3.29. The maximum atomic E-state index is 13.4. The number of hydrogen-bond acceptors (Lipinski definition) is 18. The molecule has 10 atom stereocenters. The molecule has 3 heterocycles. The molecule has 11 N–H and O–H groups in total. The van der Waals surface area contributed by atoms with Gasteiger partial charge in [-0.15, -0.1) is 0 Å². The number of esters is 1. The van der Waals surface area contributed by atoms with Crippen molar-refractivity contribution in [2.45, 2.75) is 61.2 Å². The van der Waals surface area contributed by atoms with Crippen LogP contribution in [0.25, 0.3) is 28.4 Å². The molecule has 0 spiro atoms. The average Bonchev–Trinajstić information content (AvgIpc) is 3.14. The third-order valence-electron chi connectivity index (χ3n) is 9.04. The topological polar surface area (TPSA) is 307 Å². The number of aromatic hydroxyl groups is 4. The largest absolute Gasteiger partial charge is 0.508 e. The Hall–Kier alpha value is -5.28. The number of rotatable bonds is 9. The summed E-state index contributed by atoms with van der Waals surface area (Å²) in [6.45, 7) is -1.56. The number of hydrogen-bond donors (Lipinski definition) is 11. The number of phenolic OH excluding ortho intramolecular Hbond substituents is 4. The fourth-order valence-corrected chi connectivity index (χ4v) is 6.07. The van der Waals surface area contributed by atoms with Crippen LogP contribution in [0.5, 0.6) is 28.7 Å². The second-order valence-corrected chi connectivity index (χ2v) is 12.6. The van der Waals surface area contributed by atoms with Crippen LogP contribution in [0.1, 0.15) is 17.2 Å². The van der Waals surface area contributed by atoms with Gasteiger partial charge in [0.2, 0.25) is 6.29 Å². The molecule has 3 aromatic carbocycles. The van der Waals surface area contributed by atoms with E-state index in [-0.39, 0.29) is 22.8 Å². The van der Waals surface area contributed by atoms with E-state index in [1.165, 1.54) is 48.5 Å². The molecule has 18 nitrogen and oxygen atoms in total. The predicted molar refractivity (Wildman–Crippen MR) is 181 cm³/mol. The van der Waals surface area contributed by atoms with Crippen molar-refractivity contribution in [3.05, 3.63) is 82.0 Å². The molecule has 2 aliphatic rings. The van der Waals surface area contributed by atoms with Crippen molar-refractivity contribution in [1.82, 2.24) is 0 Å². The van der Waals surface area contributed by atoms with E-state index in [1.54, 1.807) is 0 Å². The van der Waals surface area contributed by atoms with Crippen molar-refractivity contribution in [3.63, 3.8) is 0 Å². The molecule has 0 unspecified atom stereocenters. The van der Waals surface area contributed by atoms with Gasteiger partial charge >= 0.3 is 5.97 Å². The van der Waals surface area contributed by atoms with Crippen LogP contribution in [0, 0.1) is 0 Å². The van der Waals surface area contributed by atoms with Gasteiger partial charge in [-0.25, -0.2) is 4.79 Å². The van der Waals surface area contributed by atoms with E-state index >= 15 is 0 Å². The molecule has 18 heteroatoms. The molecule has 2 aliphatic heterocycles. The first-order valence-corrected chi connectivity index (χ1v) is 16.3. The van der Waals surface area contributed by atoms with E-state index in [2.05, 4.69) is 0 Å². The molecule has 1 aromatic heterocycles. The molecule has 54 heavy (non-hydrogen) atoms. The Morgan fingerprint density at radius 2 is 1.44 bits per heavy atom. The number of benzene rings is 3. The predicted octanol–water partition coefficient (Wildman–Crippen LogP) is -0.760. The van der Waals surface area contributed by atoms with Crippen LogP contribution in [0.2, 0.25) is 0 Å². The number of carbonyl (C=O) groups is 1. The van der Waals surface area contributed by atoms with Gasteiger partial charge in [0.15, 0.2) is 16.9 Å². The summed E-state index contributed by atoms with van der Waals surface area (Å²) in [5.41, 5.74) is -1.00. The van der Waals surface area contributed by atoms with Gasteiger partial charge in [-0.2, -0.15) is 0 Å². The van der Waals surface area contributed by atoms with Gasteiger partial charge in [0.1, 0.15) is 95.5 Å². The molecule has 2 saturated heterocycles. The van der Waals surface area contributed by atoms with Gasteiger partial charge in [-0.3, -0.25) is 4.79 Å². The molecule has 2 fully saturated rings. The van der Waals surface area contributed by atoms with Crippen LogP contribution in [-0.4, -0.2) is 130 Å². The lowest BCUT2D eigenvalue weighted by atomic mass is 9.89. The number of fused-ring (bicyclic) bond motifs is 1. The SMILES string of the molecule is O=C(/C=C/c1ccc(O)c(O)c1)OC[C@H]1O[C@@H](Oc2cc3oc(-c4ccc(O)cc4)cc(=O)c3c(O)c2[C@@H]2O[C@H](CO)[C@@H](O)[C@H](O)[C@H]2O)[C@H](O)[C@@H](O)[C@@H]1O. The Bertz CT molecular complexity index is 2080. The number of aliphatic hydroxyl groups is 7. The van der Waals surface area contributed by atoms with Gasteiger partial charge in [0.25, 0.3) is 0 Å². The monoisotopic (exact) mass is 756 g/mol. The van der Waals surface area contributed by atoms with Crippen molar-refractivity contribution in [1.29, 1.82) is 0 Å². The maximum absolute atomic E-state index is 13.4. The Morgan fingerprint density at radius 3 is 2.13 bits per heavy atom. The molecular weight excluding hydrogens is 720 g/mol. The first kappa shape index (κ1) is 38.4. The van der Waals surface area contributed by atoms with Gasteiger partial charge in [0.05, 0.1) is 12.2 Å². The maximum Gasteiger partial charge on any atom is 0.330 e. The lowest BCUT2D eigenvalue weighted by molar-refractivity contribution is -0.279. The fraction of sp³-hybridized carbons (Fsp3) is 0.333. The van der Waals surface area contributed by atoms with E-state index < -0.39 is 114 Å². The van der Waals surface area contributed by atoms with Crippen LogP contribution < -0.4 is 10.2 Å². The molecule has 0 radical (unpaired) electrons. The highest BCUT2D eigenvalue weighted by molar-refractivity contribution is 5.88. The summed E-state index contributed by atoms with van der Waals surface area (Å²) in [4.78, 5) is 25.9. The molecule has 0 saturated carbocycles. The molecule has 0 amide bonds. The molecule has 0 aliphatic carbocycles. The number of ether oxygens (including phenoxy) is 4. The van der Waals surface area contributed by atoms with Crippen LogP contribution in [-0.2, 0) is 19.0 Å². The molecule has 0 bridgehead atoms. The zero-order valence-corrected chi connectivity index (χ0v) is 27.8. The van der Waals surface area contributed by atoms with Crippen molar-refractivity contribution in [3.8, 4) is 40.1 Å². The van der Waals surface area contributed by atoms with Crippen molar-refractivity contribution in [2.75, 3.05) is 13.2 Å². The van der Waals surface area contributed by atoms with Crippen molar-refractivity contribution < 1.29 is 84.3 Å². The average molecular weight is 757 g/mol. The number of phenols is 4. The minimum absolute atomic E-state index is 0.0240. The van der Waals surface area contributed by atoms with Crippen LogP contribution in [0.15, 0.2) is 69.9 Å². The van der Waals surface area contributed by atoms with Crippen molar-refractivity contribution in [2.24, 2.45) is 0 Å². The van der Waals surface area contributed by atoms with Gasteiger partial charge in [-0.1, -0.05) is 6.07 Å². The normalized spacial score (nSPS) is 28.6. The summed E-state index contributed by atoms with van der Waals surface area (Å²) >= 11 is 0. The van der Waals surface area contributed by atoms with E-state index in [4.69, 9.17) is 23.4 Å². The van der Waals surface area contributed by atoms with Gasteiger partial charge in [0, 0.05) is 23.8 Å². The minimum Gasteiger partial charge on any atom is -0.508 e. The van der Waals surface area contributed by atoms with E-state index in [0.717, 1.165) is 18.2 Å². The van der Waals surface area contributed by atoms with Gasteiger partial charge < -0.3 is 79.5 Å². The summed E-state index contributed by atoms with van der Waals surface area (Å²) in [6.07, 6.45) is -16.2. The summed E-state index contributed by atoms with van der Waals surface area (Å²) < 4.78 is 28.3. The summed E-state index contributed by atoms with van der Waals surface area (Å²) in [5, 5.41) is 114. The Kier molecular flexibility index (Phi) is 11.1. The lowest BCUT2D eigenvalue weighted by Gasteiger charge is -2.42. The first-order valence-electron chi connectivity index (χ1n) is 16.3. The number of carbonyl (C=O) groups excluding carboxylic acids is 1. The van der Waals surface area contributed by atoms with E-state index in [0.29, 0.717) is 11.1 Å². The standard InChI is InChI=1S/C36H36O18/c37-12-23-28(43)31(46)33(48)35(52-23)27-22(11-21-26(30(27)45)19(41)10-20(51-21)15-3-5-16(38)6-4-15)53-36-34(49)32(47)29(44)24(54-36)13-50-25(42)8-2-14-1-7-17(39)18(40)9-14/h1-11,23-24,28-29,31-40,43-49H,12-13H2/b8-2+/t23-,24-,28-,29-,31+,32+,33-,34-,35+,36-/m1/s1. The fourth-order valence-electron chi connectivity index (χ4n) is 6.07.